The number of carbonyl (C=O) groups is 1. The highest BCUT2D eigenvalue weighted by Gasteiger charge is 2.19. The van der Waals surface area contributed by atoms with E-state index in [0.717, 1.165) is 5.56 Å². The number of aliphatic carboxylic acids is 1. The van der Waals surface area contributed by atoms with Gasteiger partial charge in [0.1, 0.15) is 5.82 Å². The Morgan fingerprint density at radius 1 is 1.05 bits per heavy atom. The predicted octanol–water partition coefficient (Wildman–Crippen LogP) is 3.63. The van der Waals surface area contributed by atoms with Gasteiger partial charge in [-0.25, -0.2) is 4.39 Å². The summed E-state index contributed by atoms with van der Waals surface area (Å²) in [6, 6.07) is 15.4. The third-order valence-electron chi connectivity index (χ3n) is 3.13. The zero-order valence-electron chi connectivity index (χ0n) is 10.4. The minimum absolute atomic E-state index is 0.351. The summed E-state index contributed by atoms with van der Waals surface area (Å²) < 4.78 is 12.9. The van der Waals surface area contributed by atoms with Gasteiger partial charge in [-0.05, 0) is 36.1 Å². The van der Waals surface area contributed by atoms with Crippen LogP contribution in [0.3, 0.4) is 0 Å². The number of carboxylic acids is 1. The largest absolute Gasteiger partial charge is 0.481 e. The molecule has 19 heavy (non-hydrogen) atoms. The monoisotopic (exact) mass is 258 g/mol. The first-order chi connectivity index (χ1) is 9.16. The van der Waals surface area contributed by atoms with Gasteiger partial charge in [0.2, 0.25) is 0 Å². The van der Waals surface area contributed by atoms with Crippen molar-refractivity contribution in [3.05, 3.63) is 71.5 Å². The lowest BCUT2D eigenvalue weighted by Crippen LogP contribution is -2.12. The summed E-state index contributed by atoms with van der Waals surface area (Å²) in [5.74, 6) is -1.82. The van der Waals surface area contributed by atoms with Gasteiger partial charge in [0.15, 0.2) is 0 Å². The van der Waals surface area contributed by atoms with Crippen LogP contribution < -0.4 is 0 Å². The molecule has 0 unspecified atom stereocenters. The topological polar surface area (TPSA) is 37.3 Å². The van der Waals surface area contributed by atoms with Crippen molar-refractivity contribution < 1.29 is 14.3 Å². The Morgan fingerprint density at radius 3 is 2.26 bits per heavy atom. The molecule has 2 aromatic rings. The van der Waals surface area contributed by atoms with Crippen molar-refractivity contribution in [3.8, 4) is 0 Å². The number of rotatable bonds is 5. The number of hydrogen-bond donors (Lipinski definition) is 1. The zero-order chi connectivity index (χ0) is 13.7. The molecule has 0 fully saturated rings. The quantitative estimate of drug-likeness (QED) is 0.889. The Morgan fingerprint density at radius 2 is 1.68 bits per heavy atom. The molecule has 3 heteroatoms. The fourth-order valence-electron chi connectivity index (χ4n) is 2.08. The van der Waals surface area contributed by atoms with Crippen LogP contribution in [0.1, 0.15) is 23.5 Å². The highest BCUT2D eigenvalue weighted by molar-refractivity contribution is 5.76. The Kier molecular flexibility index (Phi) is 4.29. The SMILES string of the molecule is O=C(O)[C@H](CCc1ccccc1)c1ccc(F)cc1. The van der Waals surface area contributed by atoms with Crippen LogP contribution in [0.4, 0.5) is 4.39 Å². The van der Waals surface area contributed by atoms with Crippen molar-refractivity contribution in [2.24, 2.45) is 0 Å². The molecule has 0 aromatic heterocycles. The van der Waals surface area contributed by atoms with Crippen LogP contribution in [0, 0.1) is 5.82 Å². The average Bonchev–Trinajstić information content (AvgIpc) is 2.42. The standard InChI is InChI=1S/C16H15FO2/c17-14-9-7-13(8-10-14)15(16(18)19)11-6-12-4-2-1-3-5-12/h1-5,7-10,15H,6,11H2,(H,18,19)/t15-/m1/s1. The van der Waals surface area contributed by atoms with Crippen LogP contribution in [0.25, 0.3) is 0 Å². The van der Waals surface area contributed by atoms with Gasteiger partial charge >= 0.3 is 5.97 Å². The van der Waals surface area contributed by atoms with E-state index in [1.54, 1.807) is 12.1 Å². The van der Waals surface area contributed by atoms with Crippen molar-refractivity contribution in [2.45, 2.75) is 18.8 Å². The Balaban J connectivity index is 2.09. The van der Waals surface area contributed by atoms with Crippen molar-refractivity contribution in [1.82, 2.24) is 0 Å². The fraction of sp³-hybridized carbons (Fsp3) is 0.188. The summed E-state index contributed by atoms with van der Waals surface area (Å²) in [7, 11) is 0. The van der Waals surface area contributed by atoms with Gasteiger partial charge in [0, 0.05) is 0 Å². The summed E-state index contributed by atoms with van der Waals surface area (Å²) in [5, 5.41) is 9.28. The molecule has 0 saturated carbocycles. The molecular weight excluding hydrogens is 243 g/mol. The predicted molar refractivity (Wildman–Crippen MR) is 71.5 cm³/mol. The maximum absolute atomic E-state index is 12.9. The van der Waals surface area contributed by atoms with Crippen LogP contribution >= 0.6 is 0 Å². The van der Waals surface area contributed by atoms with Gasteiger partial charge in [-0.15, -0.1) is 0 Å². The van der Waals surface area contributed by atoms with Gasteiger partial charge < -0.3 is 5.11 Å². The van der Waals surface area contributed by atoms with Crippen molar-refractivity contribution in [2.75, 3.05) is 0 Å². The Hall–Kier alpha value is -2.16. The maximum atomic E-state index is 12.9. The van der Waals surface area contributed by atoms with Gasteiger partial charge in [0.05, 0.1) is 5.92 Å². The molecule has 0 saturated heterocycles. The van der Waals surface area contributed by atoms with E-state index in [2.05, 4.69) is 0 Å². The second-order valence-electron chi connectivity index (χ2n) is 4.47. The summed E-state index contributed by atoms with van der Waals surface area (Å²) in [6.07, 6.45) is 1.19. The lowest BCUT2D eigenvalue weighted by atomic mass is 9.92. The van der Waals surface area contributed by atoms with Crippen LogP contribution in [-0.4, -0.2) is 11.1 Å². The van der Waals surface area contributed by atoms with E-state index < -0.39 is 11.9 Å². The number of hydrogen-bond acceptors (Lipinski definition) is 1. The molecule has 0 amide bonds. The molecule has 0 radical (unpaired) electrons. The smallest absolute Gasteiger partial charge is 0.310 e. The third-order valence-corrected chi connectivity index (χ3v) is 3.13. The van der Waals surface area contributed by atoms with E-state index in [-0.39, 0.29) is 5.82 Å². The Bertz CT molecular complexity index is 534. The van der Waals surface area contributed by atoms with Gasteiger partial charge in [-0.3, -0.25) is 4.79 Å². The van der Waals surface area contributed by atoms with E-state index in [0.29, 0.717) is 18.4 Å². The molecule has 0 spiro atoms. The first kappa shape index (κ1) is 13.3. The number of aryl methyl sites for hydroxylation is 1. The highest BCUT2D eigenvalue weighted by Crippen LogP contribution is 2.22. The third kappa shape index (κ3) is 3.65. The normalized spacial score (nSPS) is 12.1. The Labute approximate surface area is 111 Å². The first-order valence-electron chi connectivity index (χ1n) is 6.19. The minimum atomic E-state index is -0.873. The molecule has 1 atom stereocenters. The molecular formula is C16H15FO2. The fourth-order valence-corrected chi connectivity index (χ4v) is 2.08. The second kappa shape index (κ2) is 6.14. The zero-order valence-corrected chi connectivity index (χ0v) is 10.4. The maximum Gasteiger partial charge on any atom is 0.310 e. The highest BCUT2D eigenvalue weighted by atomic mass is 19.1. The number of halogens is 1. The molecule has 0 aliphatic carbocycles. The van der Waals surface area contributed by atoms with E-state index in [1.807, 2.05) is 30.3 Å². The second-order valence-corrected chi connectivity index (χ2v) is 4.47. The molecule has 0 aliphatic heterocycles. The van der Waals surface area contributed by atoms with Crippen molar-refractivity contribution in [3.63, 3.8) is 0 Å². The molecule has 0 heterocycles. The first-order valence-corrected chi connectivity index (χ1v) is 6.19. The molecule has 98 valence electrons. The molecule has 2 aromatic carbocycles. The molecule has 0 bridgehead atoms. The number of carboxylic acid groups (broad SMARTS) is 1. The van der Waals surface area contributed by atoms with E-state index in [1.165, 1.54) is 12.1 Å². The van der Waals surface area contributed by atoms with Gasteiger partial charge in [-0.1, -0.05) is 42.5 Å². The van der Waals surface area contributed by atoms with E-state index >= 15 is 0 Å². The lowest BCUT2D eigenvalue weighted by Gasteiger charge is -2.12. The van der Waals surface area contributed by atoms with E-state index in [9.17, 15) is 14.3 Å². The van der Waals surface area contributed by atoms with Gasteiger partial charge in [0.25, 0.3) is 0 Å². The van der Waals surface area contributed by atoms with Gasteiger partial charge in [-0.2, -0.15) is 0 Å². The lowest BCUT2D eigenvalue weighted by molar-refractivity contribution is -0.138. The van der Waals surface area contributed by atoms with E-state index in [4.69, 9.17) is 0 Å². The van der Waals surface area contributed by atoms with Crippen LogP contribution in [0.2, 0.25) is 0 Å². The summed E-state index contributed by atoms with van der Waals surface area (Å²) in [6.45, 7) is 0. The van der Waals surface area contributed by atoms with Crippen LogP contribution in [0.5, 0.6) is 0 Å². The minimum Gasteiger partial charge on any atom is -0.481 e. The number of benzene rings is 2. The summed E-state index contributed by atoms with van der Waals surface area (Å²) in [4.78, 5) is 11.3. The summed E-state index contributed by atoms with van der Waals surface area (Å²) in [5.41, 5.74) is 1.75. The molecule has 2 rings (SSSR count). The molecule has 2 nitrogen and oxygen atoms in total. The van der Waals surface area contributed by atoms with Crippen molar-refractivity contribution >= 4 is 5.97 Å². The molecule has 1 N–H and O–H groups in total. The summed E-state index contributed by atoms with van der Waals surface area (Å²) >= 11 is 0. The van der Waals surface area contributed by atoms with Crippen LogP contribution in [0.15, 0.2) is 54.6 Å². The average molecular weight is 258 g/mol. The van der Waals surface area contributed by atoms with Crippen LogP contribution in [-0.2, 0) is 11.2 Å². The van der Waals surface area contributed by atoms with Crippen molar-refractivity contribution in [1.29, 1.82) is 0 Å². The molecule has 0 aliphatic rings.